The van der Waals surface area contributed by atoms with Gasteiger partial charge in [0.05, 0.1) is 18.4 Å². The summed E-state index contributed by atoms with van der Waals surface area (Å²) in [6.45, 7) is 2.79. The van der Waals surface area contributed by atoms with Gasteiger partial charge in [0.2, 0.25) is 5.60 Å². The summed E-state index contributed by atoms with van der Waals surface area (Å²) in [5.41, 5.74) is 4.14. The Morgan fingerprint density at radius 2 is 2.10 bits per heavy atom. The third-order valence-corrected chi connectivity index (χ3v) is 8.25. The summed E-state index contributed by atoms with van der Waals surface area (Å²) in [4.78, 5) is 47.6. The molecule has 2 atom stereocenters. The number of carboxylic acid groups (broad SMARTS) is 1. The summed E-state index contributed by atoms with van der Waals surface area (Å²) in [5.74, 6) is -2.84. The lowest BCUT2D eigenvalue weighted by Gasteiger charge is -2.43. The van der Waals surface area contributed by atoms with Gasteiger partial charge in [-0.1, -0.05) is 5.16 Å². The van der Waals surface area contributed by atoms with Crippen LogP contribution in [0, 0.1) is 5.92 Å². The molecule has 2 aliphatic heterocycles. The Labute approximate surface area is 230 Å². The molecule has 2 aromatic rings. The first kappa shape index (κ1) is 27.8. The van der Waals surface area contributed by atoms with Gasteiger partial charge in [-0.2, -0.15) is 23.4 Å². The van der Waals surface area contributed by atoms with E-state index in [0.717, 1.165) is 35.8 Å². The number of nitrogens with zero attached hydrogens (tertiary/aromatic N) is 6. The number of hydrogen-bond donors (Lipinski definition) is 6. The van der Waals surface area contributed by atoms with Crippen molar-refractivity contribution in [2.45, 2.75) is 43.6 Å². The number of carboxylic acids is 1. The minimum atomic E-state index is -4.97. The number of nitrogen functional groups attached to an aromatic ring is 1. The molecule has 5 rings (SSSR count). The van der Waals surface area contributed by atoms with E-state index in [9.17, 15) is 32.5 Å². The molecule has 2 amide bonds. The van der Waals surface area contributed by atoms with Crippen LogP contribution in [-0.2, 0) is 42.6 Å². The van der Waals surface area contributed by atoms with Crippen LogP contribution >= 0.6 is 11.3 Å². The molecule has 20 heteroatoms. The van der Waals surface area contributed by atoms with Crippen molar-refractivity contribution in [3.63, 3.8) is 0 Å². The highest BCUT2D eigenvalue weighted by Crippen LogP contribution is 2.40. The van der Waals surface area contributed by atoms with Crippen LogP contribution in [0.2, 0.25) is 0 Å². The summed E-state index contributed by atoms with van der Waals surface area (Å²) in [6, 6.07) is -2.71. The number of thiazole rings is 1. The van der Waals surface area contributed by atoms with Crippen LogP contribution in [0.1, 0.15) is 24.2 Å². The second kappa shape index (κ2) is 10.7. The second-order valence-corrected chi connectivity index (χ2v) is 11.8. The zero-order valence-corrected chi connectivity index (χ0v) is 22.4. The fourth-order valence-electron chi connectivity index (χ4n) is 4.11. The number of aromatic nitrogens is 4. The Bertz CT molecular complexity index is 1450. The topological polar surface area (TPSA) is 256 Å². The van der Waals surface area contributed by atoms with E-state index in [-0.39, 0.29) is 34.5 Å². The van der Waals surface area contributed by atoms with Gasteiger partial charge in [-0.15, -0.1) is 11.3 Å². The van der Waals surface area contributed by atoms with E-state index < -0.39 is 51.5 Å². The Hall–Kier alpha value is -3.72. The van der Waals surface area contributed by atoms with Crippen molar-refractivity contribution in [1.29, 1.82) is 0 Å². The van der Waals surface area contributed by atoms with Crippen molar-refractivity contribution >= 4 is 50.3 Å². The first-order chi connectivity index (χ1) is 19.0. The number of nitrogens with two attached hydrogens (primary N) is 1. The molecule has 0 spiro atoms. The normalized spacial score (nSPS) is 22.4. The molecule has 0 radical (unpaired) electrons. The van der Waals surface area contributed by atoms with E-state index in [2.05, 4.69) is 36.3 Å². The van der Waals surface area contributed by atoms with Gasteiger partial charge in [-0.3, -0.25) is 14.1 Å². The van der Waals surface area contributed by atoms with Gasteiger partial charge >= 0.3 is 16.3 Å². The van der Waals surface area contributed by atoms with Gasteiger partial charge in [0.25, 0.3) is 11.8 Å². The van der Waals surface area contributed by atoms with Gasteiger partial charge in [-0.25, -0.2) is 14.1 Å². The standard InChI is InChI=1S/C20H26N10O8S2/c21-19-25-12(9-39-19)14(28-38-20(1-2-20)18(33)34)16(31)26-15-13(30(17(15)32)40(35,36)37)8-29-24-7-11(27-29)6-23-5-10-3-22-4-10/h7,9-10,13,15,22-23H,1-6,8H2,(H2,21,25)(H,26,31)(H,33,34)(H,35,36,37)/b28-14+/t13-,15+/m1/s1. The van der Waals surface area contributed by atoms with Gasteiger partial charge in [0.1, 0.15) is 17.8 Å². The molecular weight excluding hydrogens is 572 g/mol. The number of nitrogens with one attached hydrogen (secondary N) is 3. The minimum Gasteiger partial charge on any atom is -0.478 e. The lowest BCUT2D eigenvalue weighted by atomic mass is 9.98. The molecule has 0 aromatic carbocycles. The molecule has 4 heterocycles. The fourth-order valence-corrected chi connectivity index (χ4v) is 5.53. The highest BCUT2D eigenvalue weighted by molar-refractivity contribution is 7.84. The number of carbonyl (C=O) groups excluding carboxylic acids is 2. The molecule has 1 saturated carbocycles. The number of oxime groups is 1. The summed E-state index contributed by atoms with van der Waals surface area (Å²) in [5, 5.41) is 31.7. The van der Waals surface area contributed by atoms with Crippen molar-refractivity contribution in [3.8, 4) is 0 Å². The maximum atomic E-state index is 13.2. The molecule has 40 heavy (non-hydrogen) atoms. The first-order valence-electron chi connectivity index (χ1n) is 12.1. The Balaban J connectivity index is 1.30. The molecular formula is C20H26N10O8S2. The molecule has 3 fully saturated rings. The van der Waals surface area contributed by atoms with Gasteiger partial charge in [0, 0.05) is 44.4 Å². The van der Waals surface area contributed by atoms with Crippen LogP contribution in [0.3, 0.4) is 0 Å². The maximum absolute atomic E-state index is 13.2. The number of amides is 2. The average molecular weight is 599 g/mol. The first-order valence-corrected chi connectivity index (χ1v) is 14.4. The van der Waals surface area contributed by atoms with Gasteiger partial charge in [0.15, 0.2) is 10.8 Å². The van der Waals surface area contributed by atoms with Gasteiger partial charge in [-0.05, 0) is 5.92 Å². The van der Waals surface area contributed by atoms with Crippen molar-refractivity contribution in [2.75, 3.05) is 25.4 Å². The van der Waals surface area contributed by atoms with E-state index in [4.69, 9.17) is 10.6 Å². The molecule has 2 aromatic heterocycles. The average Bonchev–Trinajstić information content (AvgIpc) is 3.32. The lowest BCUT2D eigenvalue weighted by molar-refractivity contribution is -0.153. The molecule has 0 bridgehead atoms. The molecule has 0 unspecified atom stereocenters. The highest BCUT2D eigenvalue weighted by atomic mass is 32.2. The van der Waals surface area contributed by atoms with Crippen LogP contribution in [0.15, 0.2) is 16.7 Å². The second-order valence-electron chi connectivity index (χ2n) is 9.58. The minimum absolute atomic E-state index is 0.0419. The van der Waals surface area contributed by atoms with Crippen LogP contribution in [0.4, 0.5) is 5.13 Å². The number of carbonyl (C=O) groups is 3. The monoisotopic (exact) mass is 598 g/mol. The maximum Gasteiger partial charge on any atom is 0.362 e. The third-order valence-electron chi connectivity index (χ3n) is 6.63. The Kier molecular flexibility index (Phi) is 7.44. The van der Waals surface area contributed by atoms with Crippen molar-refractivity contribution in [2.24, 2.45) is 11.1 Å². The molecule has 7 N–H and O–H groups in total. The number of rotatable bonds is 13. The Morgan fingerprint density at radius 3 is 2.67 bits per heavy atom. The molecule has 2 saturated heterocycles. The van der Waals surface area contributed by atoms with Crippen LogP contribution in [0.25, 0.3) is 0 Å². The summed E-state index contributed by atoms with van der Waals surface area (Å²) >= 11 is 0.983. The predicted octanol–water partition coefficient (Wildman–Crippen LogP) is -2.84. The van der Waals surface area contributed by atoms with E-state index in [1.165, 1.54) is 11.6 Å². The van der Waals surface area contributed by atoms with E-state index in [0.29, 0.717) is 18.2 Å². The van der Waals surface area contributed by atoms with Crippen molar-refractivity contribution in [3.05, 3.63) is 23.0 Å². The van der Waals surface area contributed by atoms with Crippen LogP contribution < -0.4 is 21.7 Å². The number of β-lactam (4-membered cyclic amide) rings is 1. The molecule has 3 aliphatic rings. The van der Waals surface area contributed by atoms with E-state index >= 15 is 0 Å². The van der Waals surface area contributed by atoms with E-state index in [1.807, 2.05) is 0 Å². The molecule has 1 aliphatic carbocycles. The molecule has 18 nitrogen and oxygen atoms in total. The number of aliphatic carboxylic acids is 1. The molecule has 216 valence electrons. The number of anilines is 1. The zero-order valence-electron chi connectivity index (χ0n) is 20.8. The predicted molar refractivity (Wildman–Crippen MR) is 136 cm³/mol. The van der Waals surface area contributed by atoms with E-state index in [1.54, 1.807) is 0 Å². The van der Waals surface area contributed by atoms with Crippen LogP contribution in [0.5, 0.6) is 0 Å². The largest absolute Gasteiger partial charge is 0.478 e. The quantitative estimate of drug-likeness (QED) is 0.0588. The highest BCUT2D eigenvalue weighted by Gasteiger charge is 2.56. The summed E-state index contributed by atoms with van der Waals surface area (Å²) in [7, 11) is -4.97. The van der Waals surface area contributed by atoms with Crippen LogP contribution in [-0.4, -0.2) is 103 Å². The fraction of sp³-hybridized carbons (Fsp3) is 0.550. The SMILES string of the molecule is Nc1nc(/C(=N\OC2(C(=O)O)CC2)C(=O)N[C@@H]2C(=O)N(S(=O)(=O)O)[C@@H]2Cn2ncc(CNCC3CNC3)n2)cs1. The number of hydrogen-bond acceptors (Lipinski definition) is 14. The summed E-state index contributed by atoms with van der Waals surface area (Å²) < 4.78 is 33.6. The zero-order chi connectivity index (χ0) is 28.7. The summed E-state index contributed by atoms with van der Waals surface area (Å²) in [6.07, 6.45) is 1.83. The van der Waals surface area contributed by atoms with Crippen molar-refractivity contribution in [1.82, 2.24) is 40.2 Å². The third kappa shape index (κ3) is 5.75. The lowest BCUT2D eigenvalue weighted by Crippen LogP contribution is -2.73. The Morgan fingerprint density at radius 1 is 1.35 bits per heavy atom. The van der Waals surface area contributed by atoms with Gasteiger partial charge < -0.3 is 31.6 Å². The van der Waals surface area contributed by atoms with Crippen molar-refractivity contribution < 1.29 is 37.3 Å². The smallest absolute Gasteiger partial charge is 0.362 e.